The summed E-state index contributed by atoms with van der Waals surface area (Å²) in [6.45, 7) is -0.599. The summed E-state index contributed by atoms with van der Waals surface area (Å²) in [5.74, 6) is 0.229. The number of hydrogen-bond acceptors (Lipinski definition) is 6. The van der Waals surface area contributed by atoms with Gasteiger partial charge in [0.15, 0.2) is 5.82 Å². The first-order valence-electron chi connectivity index (χ1n) is 10.0. The summed E-state index contributed by atoms with van der Waals surface area (Å²) in [5, 5.41) is 3.88. The van der Waals surface area contributed by atoms with Crippen molar-refractivity contribution in [3.63, 3.8) is 0 Å². The van der Waals surface area contributed by atoms with Crippen molar-refractivity contribution in [1.82, 2.24) is 24.3 Å². The van der Waals surface area contributed by atoms with Crippen molar-refractivity contribution in [1.29, 1.82) is 0 Å². The molecule has 1 fully saturated rings. The molecule has 1 saturated heterocycles. The lowest BCUT2D eigenvalue weighted by Gasteiger charge is -2.27. The maximum atomic E-state index is 13.8. The average molecular weight is 542 g/mol. The second-order valence-corrected chi connectivity index (χ2v) is 8.31. The number of rotatable bonds is 7. The van der Waals surface area contributed by atoms with Crippen molar-refractivity contribution in [3.05, 3.63) is 52.4 Å². The first-order valence-corrected chi connectivity index (χ1v) is 10.8. The third-order valence-electron chi connectivity index (χ3n) is 5.15. The summed E-state index contributed by atoms with van der Waals surface area (Å²) in [6, 6.07) is 7.39. The van der Waals surface area contributed by atoms with E-state index in [0.717, 1.165) is 4.68 Å². The molecule has 0 spiro atoms. The highest BCUT2D eigenvalue weighted by molar-refractivity contribution is 9.10. The molecule has 3 aromatic heterocycles. The van der Waals surface area contributed by atoms with Gasteiger partial charge in [0.25, 0.3) is 6.43 Å². The summed E-state index contributed by atoms with van der Waals surface area (Å²) in [7, 11) is 0. The van der Waals surface area contributed by atoms with Crippen molar-refractivity contribution in [2.75, 3.05) is 13.2 Å². The van der Waals surface area contributed by atoms with Crippen molar-refractivity contribution < 1.29 is 31.8 Å². The van der Waals surface area contributed by atoms with E-state index in [-0.39, 0.29) is 17.7 Å². The molecule has 0 atom stereocenters. The highest BCUT2D eigenvalue weighted by atomic mass is 79.9. The molecule has 4 heterocycles. The van der Waals surface area contributed by atoms with Crippen LogP contribution in [0.4, 0.5) is 17.6 Å². The number of nitrogens with zero attached hydrogens (tertiary/aromatic N) is 5. The Balaban J connectivity index is 1.60. The minimum Gasteiger partial charge on any atom is -0.484 e. The van der Waals surface area contributed by atoms with E-state index in [4.69, 9.17) is 9.47 Å². The SMILES string of the molecule is Cc1cc(OC(F)F)nn1-c1nc(-n2cnc3cc(Br)c(OC4COC4)cc32)ccc1C(F)F. The lowest BCUT2D eigenvalue weighted by atomic mass is 10.2. The van der Waals surface area contributed by atoms with Gasteiger partial charge in [-0.1, -0.05) is 0 Å². The smallest absolute Gasteiger partial charge is 0.388 e. The minimum absolute atomic E-state index is 0.0624. The maximum Gasteiger partial charge on any atom is 0.388 e. The van der Waals surface area contributed by atoms with Gasteiger partial charge in [0.2, 0.25) is 5.88 Å². The zero-order valence-electron chi connectivity index (χ0n) is 17.5. The maximum absolute atomic E-state index is 13.8. The Hall–Kier alpha value is -3.19. The fourth-order valence-corrected chi connectivity index (χ4v) is 3.90. The third kappa shape index (κ3) is 4.20. The molecule has 5 rings (SSSR count). The molecular weight excluding hydrogens is 526 g/mol. The van der Waals surface area contributed by atoms with E-state index >= 15 is 0 Å². The molecule has 34 heavy (non-hydrogen) atoms. The Morgan fingerprint density at radius 2 is 1.94 bits per heavy atom. The number of alkyl halides is 4. The highest BCUT2D eigenvalue weighted by Gasteiger charge is 2.23. The van der Waals surface area contributed by atoms with Gasteiger partial charge in [-0.05, 0) is 41.1 Å². The average Bonchev–Trinajstić information content (AvgIpc) is 3.32. The van der Waals surface area contributed by atoms with E-state index in [9.17, 15) is 17.6 Å². The van der Waals surface area contributed by atoms with Gasteiger partial charge in [0, 0.05) is 17.8 Å². The first-order chi connectivity index (χ1) is 16.3. The third-order valence-corrected chi connectivity index (χ3v) is 5.77. The predicted octanol–water partition coefficient (Wildman–Crippen LogP) is 4.99. The van der Waals surface area contributed by atoms with Crippen LogP contribution >= 0.6 is 15.9 Å². The van der Waals surface area contributed by atoms with Crippen LogP contribution < -0.4 is 9.47 Å². The number of fused-ring (bicyclic) bond motifs is 1. The molecular formula is C21H16BrF4N5O3. The topological polar surface area (TPSA) is 76.2 Å². The molecule has 178 valence electrons. The zero-order chi connectivity index (χ0) is 24.0. The van der Waals surface area contributed by atoms with Gasteiger partial charge in [0.1, 0.15) is 24.0 Å². The fourth-order valence-electron chi connectivity index (χ4n) is 3.48. The van der Waals surface area contributed by atoms with Crippen molar-refractivity contribution in [2.24, 2.45) is 0 Å². The van der Waals surface area contributed by atoms with E-state index < -0.39 is 24.5 Å². The zero-order valence-corrected chi connectivity index (χ0v) is 19.0. The number of benzene rings is 1. The van der Waals surface area contributed by atoms with E-state index in [1.54, 1.807) is 16.7 Å². The Morgan fingerprint density at radius 1 is 1.15 bits per heavy atom. The Morgan fingerprint density at radius 3 is 2.62 bits per heavy atom. The molecule has 0 amide bonds. The number of aromatic nitrogens is 5. The fraction of sp³-hybridized carbons (Fsp3) is 0.286. The van der Waals surface area contributed by atoms with Crippen LogP contribution in [0.2, 0.25) is 0 Å². The van der Waals surface area contributed by atoms with E-state index in [1.807, 2.05) is 0 Å². The van der Waals surface area contributed by atoms with Crippen LogP contribution in [-0.2, 0) is 4.74 Å². The molecule has 1 aliphatic heterocycles. The summed E-state index contributed by atoms with van der Waals surface area (Å²) < 4.78 is 71.5. The van der Waals surface area contributed by atoms with Gasteiger partial charge < -0.3 is 14.2 Å². The van der Waals surface area contributed by atoms with Crippen LogP contribution in [0.5, 0.6) is 11.6 Å². The van der Waals surface area contributed by atoms with Crippen LogP contribution in [0.25, 0.3) is 22.7 Å². The van der Waals surface area contributed by atoms with Crippen LogP contribution in [0, 0.1) is 6.92 Å². The van der Waals surface area contributed by atoms with Gasteiger partial charge >= 0.3 is 6.61 Å². The van der Waals surface area contributed by atoms with Gasteiger partial charge in [-0.25, -0.2) is 23.4 Å². The summed E-state index contributed by atoms with van der Waals surface area (Å²) in [6.07, 6.45) is -1.43. The number of pyridine rings is 1. The van der Waals surface area contributed by atoms with Gasteiger partial charge in [-0.2, -0.15) is 8.78 Å². The van der Waals surface area contributed by atoms with Crippen LogP contribution in [0.15, 0.2) is 41.1 Å². The molecule has 0 bridgehead atoms. The van der Waals surface area contributed by atoms with E-state index in [2.05, 4.69) is 35.7 Å². The molecule has 0 saturated carbocycles. The Kier molecular flexibility index (Phi) is 5.90. The van der Waals surface area contributed by atoms with Gasteiger partial charge in [0.05, 0.1) is 34.3 Å². The lowest BCUT2D eigenvalue weighted by molar-refractivity contribution is -0.0799. The normalized spacial score (nSPS) is 14.2. The molecule has 0 unspecified atom stereocenters. The van der Waals surface area contributed by atoms with Crippen molar-refractivity contribution in [3.8, 4) is 23.3 Å². The number of aryl methyl sites for hydroxylation is 1. The summed E-state index contributed by atoms with van der Waals surface area (Å²) >= 11 is 3.47. The van der Waals surface area contributed by atoms with Gasteiger partial charge in [-0.3, -0.25) is 4.57 Å². The van der Waals surface area contributed by atoms with Crippen molar-refractivity contribution >= 4 is 27.0 Å². The quantitative estimate of drug-likeness (QED) is 0.307. The molecule has 4 aromatic rings. The van der Waals surface area contributed by atoms with Crippen LogP contribution in [0.1, 0.15) is 17.7 Å². The van der Waals surface area contributed by atoms with E-state index in [0.29, 0.717) is 40.2 Å². The standard InChI is InChI=1S/C21H16BrF4N5O3/c1-10-4-18(34-21(25)26)29-31(10)20-12(19(23)24)2-3-17(28-20)30-9-27-14-5-13(22)16(6-15(14)30)33-11-7-32-8-11/h2-6,9,11,19,21H,7-8H2,1H3. The van der Waals surface area contributed by atoms with Crippen LogP contribution in [0.3, 0.4) is 0 Å². The predicted molar refractivity (Wildman–Crippen MR) is 115 cm³/mol. The first kappa shape index (κ1) is 22.6. The number of imidazole rings is 1. The molecule has 1 aliphatic rings. The largest absolute Gasteiger partial charge is 0.484 e. The molecule has 1 aromatic carbocycles. The summed E-state index contributed by atoms with van der Waals surface area (Å²) in [5.41, 5.74) is 1.12. The lowest BCUT2D eigenvalue weighted by Crippen LogP contribution is -2.38. The number of ether oxygens (including phenoxy) is 3. The second-order valence-electron chi connectivity index (χ2n) is 7.46. The number of halogens is 5. The van der Waals surface area contributed by atoms with Crippen molar-refractivity contribution in [2.45, 2.75) is 26.1 Å². The van der Waals surface area contributed by atoms with Gasteiger partial charge in [-0.15, -0.1) is 5.10 Å². The Labute approximate surface area is 198 Å². The summed E-state index contributed by atoms with van der Waals surface area (Å²) in [4.78, 5) is 8.74. The molecule has 0 aliphatic carbocycles. The number of hydrogen-bond donors (Lipinski definition) is 0. The molecule has 8 nitrogen and oxygen atoms in total. The second kappa shape index (κ2) is 8.87. The minimum atomic E-state index is -3.10. The monoisotopic (exact) mass is 541 g/mol. The van der Waals surface area contributed by atoms with Crippen LogP contribution in [-0.4, -0.2) is 50.2 Å². The van der Waals surface area contributed by atoms with E-state index in [1.165, 1.54) is 31.5 Å². The molecule has 13 heteroatoms. The molecule has 0 N–H and O–H groups in total. The highest BCUT2D eigenvalue weighted by Crippen LogP contribution is 2.33. The Bertz CT molecular complexity index is 1360. The molecule has 0 radical (unpaired) electrons.